The average molecular weight is 294 g/mol. The predicted octanol–water partition coefficient (Wildman–Crippen LogP) is 4.96. The minimum absolute atomic E-state index is 0.665. The van der Waals surface area contributed by atoms with E-state index in [1.165, 1.54) is 5.56 Å². The standard InChI is InChI=1S/C19H22N2O/c1-13(2)10-11-22-16-7-5-15(6-8-16)19-20-17-9-4-14(3)12-18(17)21-19/h4-9,12-13H,10-11H2,1-3H3,(H,20,21). The van der Waals surface area contributed by atoms with E-state index in [4.69, 9.17) is 4.74 Å². The van der Waals surface area contributed by atoms with E-state index in [1.807, 2.05) is 18.2 Å². The van der Waals surface area contributed by atoms with E-state index in [-0.39, 0.29) is 0 Å². The fourth-order valence-electron chi connectivity index (χ4n) is 2.38. The molecule has 0 fully saturated rings. The Bertz CT molecular complexity index is 757. The van der Waals surface area contributed by atoms with Crippen LogP contribution in [0.5, 0.6) is 5.75 Å². The highest BCUT2D eigenvalue weighted by Gasteiger charge is 2.06. The van der Waals surface area contributed by atoms with Crippen LogP contribution in [0.1, 0.15) is 25.8 Å². The molecule has 0 saturated carbocycles. The Hall–Kier alpha value is -2.29. The summed E-state index contributed by atoms with van der Waals surface area (Å²) in [6.07, 6.45) is 1.07. The van der Waals surface area contributed by atoms with Crippen molar-refractivity contribution >= 4 is 11.0 Å². The van der Waals surface area contributed by atoms with Crippen molar-refractivity contribution in [3.05, 3.63) is 48.0 Å². The Labute approximate surface area is 131 Å². The van der Waals surface area contributed by atoms with Gasteiger partial charge in [-0.25, -0.2) is 4.98 Å². The van der Waals surface area contributed by atoms with Crippen molar-refractivity contribution in [3.8, 4) is 17.1 Å². The number of hydrogen-bond donors (Lipinski definition) is 1. The van der Waals surface area contributed by atoms with Crippen molar-refractivity contribution in [2.75, 3.05) is 6.61 Å². The summed E-state index contributed by atoms with van der Waals surface area (Å²) in [5.41, 5.74) is 4.38. The zero-order valence-electron chi connectivity index (χ0n) is 13.4. The first-order chi connectivity index (χ1) is 10.6. The molecule has 0 amide bonds. The molecule has 1 N–H and O–H groups in total. The quantitative estimate of drug-likeness (QED) is 0.722. The van der Waals surface area contributed by atoms with Gasteiger partial charge in [0.25, 0.3) is 0 Å². The van der Waals surface area contributed by atoms with Crippen molar-refractivity contribution < 1.29 is 4.74 Å². The van der Waals surface area contributed by atoms with Crippen molar-refractivity contribution in [1.82, 2.24) is 9.97 Å². The summed E-state index contributed by atoms with van der Waals surface area (Å²) >= 11 is 0. The lowest BCUT2D eigenvalue weighted by Gasteiger charge is -2.08. The summed E-state index contributed by atoms with van der Waals surface area (Å²) in [4.78, 5) is 8.02. The van der Waals surface area contributed by atoms with Crippen LogP contribution in [0.4, 0.5) is 0 Å². The van der Waals surface area contributed by atoms with Crippen LogP contribution in [0.2, 0.25) is 0 Å². The summed E-state index contributed by atoms with van der Waals surface area (Å²) in [6.45, 7) is 7.26. The Balaban J connectivity index is 1.76. The summed E-state index contributed by atoms with van der Waals surface area (Å²) in [5, 5.41) is 0. The Morgan fingerprint density at radius 2 is 1.86 bits per heavy atom. The third-order valence-electron chi connectivity index (χ3n) is 3.73. The Kier molecular flexibility index (Phi) is 4.14. The molecule has 1 aromatic heterocycles. The second-order valence-corrected chi connectivity index (χ2v) is 6.16. The first-order valence-corrected chi connectivity index (χ1v) is 7.81. The van der Waals surface area contributed by atoms with Gasteiger partial charge in [-0.05, 0) is 61.2 Å². The van der Waals surface area contributed by atoms with Gasteiger partial charge in [0.05, 0.1) is 17.6 Å². The molecular formula is C19H22N2O. The summed E-state index contributed by atoms with van der Waals surface area (Å²) in [6, 6.07) is 14.4. The van der Waals surface area contributed by atoms with E-state index >= 15 is 0 Å². The van der Waals surface area contributed by atoms with Crippen molar-refractivity contribution in [1.29, 1.82) is 0 Å². The number of H-pyrrole nitrogens is 1. The van der Waals surface area contributed by atoms with Gasteiger partial charge in [-0.3, -0.25) is 0 Å². The van der Waals surface area contributed by atoms with Gasteiger partial charge < -0.3 is 9.72 Å². The highest BCUT2D eigenvalue weighted by molar-refractivity contribution is 5.80. The fourth-order valence-corrected chi connectivity index (χ4v) is 2.38. The smallest absolute Gasteiger partial charge is 0.138 e. The lowest BCUT2D eigenvalue weighted by molar-refractivity contribution is 0.289. The number of aromatic nitrogens is 2. The lowest BCUT2D eigenvalue weighted by atomic mass is 10.1. The van der Waals surface area contributed by atoms with Gasteiger partial charge in [-0.1, -0.05) is 19.9 Å². The van der Waals surface area contributed by atoms with E-state index in [1.54, 1.807) is 0 Å². The number of ether oxygens (including phenoxy) is 1. The van der Waals surface area contributed by atoms with Crippen LogP contribution in [0.25, 0.3) is 22.4 Å². The topological polar surface area (TPSA) is 37.9 Å². The number of aryl methyl sites for hydroxylation is 1. The normalized spacial score (nSPS) is 11.3. The highest BCUT2D eigenvalue weighted by atomic mass is 16.5. The lowest BCUT2D eigenvalue weighted by Crippen LogP contribution is -2.01. The molecule has 3 heteroatoms. The molecule has 0 saturated heterocycles. The maximum absolute atomic E-state index is 5.75. The second kappa shape index (κ2) is 6.22. The van der Waals surface area contributed by atoms with Gasteiger partial charge in [-0.2, -0.15) is 0 Å². The van der Waals surface area contributed by atoms with Crippen molar-refractivity contribution in [3.63, 3.8) is 0 Å². The fraction of sp³-hybridized carbons (Fsp3) is 0.316. The molecule has 3 rings (SSSR count). The highest BCUT2D eigenvalue weighted by Crippen LogP contribution is 2.23. The molecule has 0 atom stereocenters. The molecule has 22 heavy (non-hydrogen) atoms. The second-order valence-electron chi connectivity index (χ2n) is 6.16. The summed E-state index contributed by atoms with van der Waals surface area (Å²) in [7, 11) is 0. The number of aromatic amines is 1. The Morgan fingerprint density at radius 1 is 1.09 bits per heavy atom. The zero-order chi connectivity index (χ0) is 15.5. The van der Waals surface area contributed by atoms with Gasteiger partial charge in [-0.15, -0.1) is 0 Å². The van der Waals surface area contributed by atoms with Crippen molar-refractivity contribution in [2.24, 2.45) is 5.92 Å². The van der Waals surface area contributed by atoms with E-state index in [0.29, 0.717) is 5.92 Å². The molecular weight excluding hydrogens is 272 g/mol. The predicted molar refractivity (Wildman–Crippen MR) is 91.2 cm³/mol. The molecule has 0 radical (unpaired) electrons. The third kappa shape index (κ3) is 3.30. The van der Waals surface area contributed by atoms with Crippen LogP contribution in [-0.4, -0.2) is 16.6 Å². The van der Waals surface area contributed by atoms with E-state index in [9.17, 15) is 0 Å². The van der Waals surface area contributed by atoms with E-state index < -0.39 is 0 Å². The number of imidazole rings is 1. The minimum Gasteiger partial charge on any atom is -0.494 e. The van der Waals surface area contributed by atoms with Crippen LogP contribution in [-0.2, 0) is 0 Å². The van der Waals surface area contributed by atoms with Crippen LogP contribution >= 0.6 is 0 Å². The summed E-state index contributed by atoms with van der Waals surface area (Å²) < 4.78 is 5.75. The summed E-state index contributed by atoms with van der Waals surface area (Å²) in [5.74, 6) is 2.48. The molecule has 3 aromatic rings. The van der Waals surface area contributed by atoms with Gasteiger partial charge in [0.2, 0.25) is 0 Å². The van der Waals surface area contributed by atoms with E-state index in [0.717, 1.165) is 41.2 Å². The Morgan fingerprint density at radius 3 is 2.59 bits per heavy atom. The average Bonchev–Trinajstić information content (AvgIpc) is 2.90. The molecule has 114 valence electrons. The molecule has 1 heterocycles. The molecule has 0 unspecified atom stereocenters. The SMILES string of the molecule is Cc1ccc2nc(-c3ccc(OCCC(C)C)cc3)[nH]c2c1. The minimum atomic E-state index is 0.665. The maximum atomic E-state index is 5.75. The molecule has 3 nitrogen and oxygen atoms in total. The number of fused-ring (bicyclic) bond motifs is 1. The molecule has 0 spiro atoms. The van der Waals surface area contributed by atoms with Crippen LogP contribution < -0.4 is 4.74 Å². The van der Waals surface area contributed by atoms with Crippen LogP contribution in [0.3, 0.4) is 0 Å². The largest absolute Gasteiger partial charge is 0.494 e. The first-order valence-electron chi connectivity index (χ1n) is 7.81. The van der Waals surface area contributed by atoms with Gasteiger partial charge in [0, 0.05) is 5.56 Å². The monoisotopic (exact) mass is 294 g/mol. The number of rotatable bonds is 5. The van der Waals surface area contributed by atoms with Crippen LogP contribution in [0, 0.1) is 12.8 Å². The number of nitrogens with zero attached hydrogens (tertiary/aromatic N) is 1. The molecule has 0 aliphatic heterocycles. The molecule has 0 aliphatic carbocycles. The number of hydrogen-bond acceptors (Lipinski definition) is 2. The van der Waals surface area contributed by atoms with Gasteiger partial charge >= 0.3 is 0 Å². The van der Waals surface area contributed by atoms with Gasteiger partial charge in [0.15, 0.2) is 0 Å². The van der Waals surface area contributed by atoms with E-state index in [2.05, 4.69) is 55.0 Å². The van der Waals surface area contributed by atoms with Crippen LogP contribution in [0.15, 0.2) is 42.5 Å². The molecule has 0 aliphatic rings. The molecule has 0 bridgehead atoms. The first kappa shape index (κ1) is 14.6. The number of benzene rings is 2. The number of nitrogens with one attached hydrogen (secondary N) is 1. The van der Waals surface area contributed by atoms with Gasteiger partial charge in [0.1, 0.15) is 11.6 Å². The third-order valence-corrected chi connectivity index (χ3v) is 3.73. The maximum Gasteiger partial charge on any atom is 0.138 e. The molecule has 2 aromatic carbocycles. The zero-order valence-corrected chi connectivity index (χ0v) is 13.4. The van der Waals surface area contributed by atoms with Crippen molar-refractivity contribution in [2.45, 2.75) is 27.2 Å².